The summed E-state index contributed by atoms with van der Waals surface area (Å²) in [6.07, 6.45) is 0. The molecule has 2 N–H and O–H groups in total. The lowest BCUT2D eigenvalue weighted by molar-refractivity contribution is -0.145. The predicted molar refractivity (Wildman–Crippen MR) is 78.8 cm³/mol. The van der Waals surface area contributed by atoms with Gasteiger partial charge >= 0.3 is 5.97 Å². The monoisotopic (exact) mass is 367 g/mol. The third kappa shape index (κ3) is 3.84. The maximum absolute atomic E-state index is 11.9. The van der Waals surface area contributed by atoms with Crippen LogP contribution in [0.2, 0.25) is 10.0 Å². The standard InChI is InChI=1S/C12H12BrCl2NO3/c1-5(6(2)12(18)19)11(17)16-8-4-3-7(13)9(14)10(8)15/h3-6H,1-2H3,(H,16,17)(H,18,19). The molecular weight excluding hydrogens is 357 g/mol. The lowest BCUT2D eigenvalue weighted by Crippen LogP contribution is -2.30. The van der Waals surface area contributed by atoms with Gasteiger partial charge in [0.15, 0.2) is 0 Å². The third-order valence-electron chi connectivity index (χ3n) is 2.85. The summed E-state index contributed by atoms with van der Waals surface area (Å²) in [5.74, 6) is -2.92. The molecule has 1 aromatic carbocycles. The average molecular weight is 369 g/mol. The normalized spacial score (nSPS) is 13.7. The van der Waals surface area contributed by atoms with Crippen molar-refractivity contribution in [2.75, 3.05) is 5.32 Å². The first-order chi connectivity index (χ1) is 8.75. The van der Waals surface area contributed by atoms with Crippen molar-refractivity contribution in [1.82, 2.24) is 0 Å². The van der Waals surface area contributed by atoms with E-state index >= 15 is 0 Å². The summed E-state index contributed by atoms with van der Waals surface area (Å²) in [7, 11) is 0. The first-order valence-corrected chi connectivity index (χ1v) is 6.97. The molecule has 0 aliphatic rings. The number of anilines is 1. The second-order valence-electron chi connectivity index (χ2n) is 4.13. The molecule has 0 saturated heterocycles. The Bertz CT molecular complexity index is 522. The number of carboxylic acids is 1. The predicted octanol–water partition coefficient (Wildman–Crippen LogP) is 4.05. The molecule has 19 heavy (non-hydrogen) atoms. The highest BCUT2D eigenvalue weighted by atomic mass is 79.9. The SMILES string of the molecule is CC(C(=O)O)C(C)C(=O)Nc1ccc(Br)c(Cl)c1Cl. The van der Waals surface area contributed by atoms with E-state index < -0.39 is 23.7 Å². The van der Waals surface area contributed by atoms with Crippen molar-refractivity contribution in [2.45, 2.75) is 13.8 Å². The first-order valence-electron chi connectivity index (χ1n) is 5.42. The molecule has 7 heteroatoms. The molecule has 1 aromatic rings. The van der Waals surface area contributed by atoms with Gasteiger partial charge in [-0.2, -0.15) is 0 Å². The summed E-state index contributed by atoms with van der Waals surface area (Å²) in [5.41, 5.74) is 0.351. The van der Waals surface area contributed by atoms with E-state index in [4.69, 9.17) is 28.3 Å². The summed E-state index contributed by atoms with van der Waals surface area (Å²) in [6.45, 7) is 3.02. The lowest BCUT2D eigenvalue weighted by Gasteiger charge is -2.16. The summed E-state index contributed by atoms with van der Waals surface area (Å²) in [6, 6.07) is 3.24. The molecule has 0 bridgehead atoms. The van der Waals surface area contributed by atoms with E-state index in [0.29, 0.717) is 15.2 Å². The zero-order chi connectivity index (χ0) is 14.7. The van der Waals surface area contributed by atoms with Crippen molar-refractivity contribution < 1.29 is 14.7 Å². The molecule has 0 radical (unpaired) electrons. The molecule has 0 aliphatic carbocycles. The molecule has 4 nitrogen and oxygen atoms in total. The van der Waals surface area contributed by atoms with Crippen LogP contribution in [0.3, 0.4) is 0 Å². The Morgan fingerprint density at radius 1 is 1.21 bits per heavy atom. The second kappa shape index (κ2) is 6.59. The number of halogens is 3. The second-order valence-corrected chi connectivity index (χ2v) is 5.74. The molecule has 1 rings (SSSR count). The number of carboxylic acid groups (broad SMARTS) is 1. The van der Waals surface area contributed by atoms with Gasteiger partial charge in [-0.15, -0.1) is 0 Å². The zero-order valence-corrected chi connectivity index (χ0v) is 13.3. The number of nitrogens with one attached hydrogen (secondary N) is 1. The number of carbonyl (C=O) groups excluding carboxylic acids is 1. The Morgan fingerprint density at radius 3 is 2.32 bits per heavy atom. The first kappa shape index (κ1) is 16.3. The summed E-state index contributed by atoms with van der Waals surface area (Å²) in [4.78, 5) is 22.7. The fourth-order valence-corrected chi connectivity index (χ4v) is 2.13. The summed E-state index contributed by atoms with van der Waals surface area (Å²) >= 11 is 15.1. The molecule has 0 heterocycles. The zero-order valence-electron chi connectivity index (χ0n) is 10.2. The minimum Gasteiger partial charge on any atom is -0.481 e. The van der Waals surface area contributed by atoms with Crippen LogP contribution < -0.4 is 5.32 Å². The number of amides is 1. The number of rotatable bonds is 4. The molecule has 0 aliphatic heterocycles. The molecule has 0 spiro atoms. The largest absolute Gasteiger partial charge is 0.481 e. The number of hydrogen-bond donors (Lipinski definition) is 2. The quantitative estimate of drug-likeness (QED) is 0.787. The molecule has 2 atom stereocenters. The number of hydrogen-bond acceptors (Lipinski definition) is 2. The lowest BCUT2D eigenvalue weighted by atomic mass is 9.95. The number of aliphatic carboxylic acids is 1. The van der Waals surface area contributed by atoms with Crippen LogP contribution in [0.25, 0.3) is 0 Å². The van der Waals surface area contributed by atoms with Crippen molar-refractivity contribution >= 4 is 56.7 Å². The van der Waals surface area contributed by atoms with Crippen LogP contribution in [0, 0.1) is 11.8 Å². The van der Waals surface area contributed by atoms with E-state index in [9.17, 15) is 9.59 Å². The Morgan fingerprint density at radius 2 is 1.79 bits per heavy atom. The van der Waals surface area contributed by atoms with Gasteiger partial charge < -0.3 is 10.4 Å². The molecule has 0 fully saturated rings. The topological polar surface area (TPSA) is 66.4 Å². The van der Waals surface area contributed by atoms with Crippen molar-refractivity contribution in [3.8, 4) is 0 Å². The van der Waals surface area contributed by atoms with Crippen molar-refractivity contribution in [2.24, 2.45) is 11.8 Å². The summed E-state index contributed by atoms with van der Waals surface area (Å²) < 4.78 is 0.615. The van der Waals surface area contributed by atoms with Crippen molar-refractivity contribution in [3.05, 3.63) is 26.7 Å². The summed E-state index contributed by atoms with van der Waals surface area (Å²) in [5, 5.41) is 11.9. The van der Waals surface area contributed by atoms with Gasteiger partial charge in [-0.3, -0.25) is 9.59 Å². The van der Waals surface area contributed by atoms with Gasteiger partial charge in [-0.1, -0.05) is 37.0 Å². The van der Waals surface area contributed by atoms with Gasteiger partial charge in [0.25, 0.3) is 0 Å². The minimum absolute atomic E-state index is 0.208. The molecular formula is C12H12BrCl2NO3. The molecule has 104 valence electrons. The van der Waals surface area contributed by atoms with E-state index in [0.717, 1.165) is 0 Å². The smallest absolute Gasteiger partial charge is 0.307 e. The third-order valence-corrected chi connectivity index (χ3v) is 4.62. The average Bonchev–Trinajstić information content (AvgIpc) is 2.37. The molecule has 1 amide bonds. The van der Waals surface area contributed by atoms with E-state index in [-0.39, 0.29) is 5.02 Å². The number of carbonyl (C=O) groups is 2. The number of benzene rings is 1. The van der Waals surface area contributed by atoms with Gasteiger partial charge in [-0.25, -0.2) is 0 Å². The van der Waals surface area contributed by atoms with Crippen molar-refractivity contribution in [3.63, 3.8) is 0 Å². The van der Waals surface area contributed by atoms with Crippen LogP contribution in [-0.2, 0) is 9.59 Å². The van der Waals surface area contributed by atoms with Crippen LogP contribution in [0.5, 0.6) is 0 Å². The van der Waals surface area contributed by atoms with E-state index in [2.05, 4.69) is 21.2 Å². The fourth-order valence-electron chi connectivity index (χ4n) is 1.31. The Balaban J connectivity index is 2.89. The Kier molecular flexibility index (Phi) is 5.64. The molecule has 0 saturated carbocycles. The van der Waals surface area contributed by atoms with Crippen LogP contribution in [0.1, 0.15) is 13.8 Å². The van der Waals surface area contributed by atoms with Crippen LogP contribution in [0.4, 0.5) is 5.69 Å². The fraction of sp³-hybridized carbons (Fsp3) is 0.333. The minimum atomic E-state index is -1.03. The highest BCUT2D eigenvalue weighted by molar-refractivity contribution is 9.10. The van der Waals surface area contributed by atoms with Crippen LogP contribution >= 0.6 is 39.1 Å². The van der Waals surface area contributed by atoms with Crippen LogP contribution in [0.15, 0.2) is 16.6 Å². The Hall–Kier alpha value is -0.780. The van der Waals surface area contributed by atoms with Crippen LogP contribution in [-0.4, -0.2) is 17.0 Å². The van der Waals surface area contributed by atoms with Gasteiger partial charge in [0.1, 0.15) is 0 Å². The maximum Gasteiger partial charge on any atom is 0.307 e. The molecule has 2 unspecified atom stereocenters. The maximum atomic E-state index is 11.9. The van der Waals surface area contributed by atoms with Gasteiger partial charge in [0.2, 0.25) is 5.91 Å². The van der Waals surface area contributed by atoms with E-state index in [1.54, 1.807) is 19.1 Å². The van der Waals surface area contributed by atoms with E-state index in [1.807, 2.05) is 0 Å². The Labute approximate surface area is 129 Å². The van der Waals surface area contributed by atoms with Gasteiger partial charge in [0.05, 0.1) is 21.7 Å². The van der Waals surface area contributed by atoms with Gasteiger partial charge in [-0.05, 0) is 28.1 Å². The molecule has 0 aromatic heterocycles. The highest BCUT2D eigenvalue weighted by Crippen LogP contribution is 2.36. The van der Waals surface area contributed by atoms with Crippen molar-refractivity contribution in [1.29, 1.82) is 0 Å². The van der Waals surface area contributed by atoms with Gasteiger partial charge in [0, 0.05) is 10.4 Å². The van der Waals surface area contributed by atoms with E-state index in [1.165, 1.54) is 6.92 Å². The highest BCUT2D eigenvalue weighted by Gasteiger charge is 2.26.